The van der Waals surface area contributed by atoms with Gasteiger partial charge in [-0.1, -0.05) is 0 Å². The molecule has 1 aliphatic heterocycles. The van der Waals surface area contributed by atoms with Crippen LogP contribution < -0.4 is 5.32 Å². The van der Waals surface area contributed by atoms with Crippen molar-refractivity contribution in [2.24, 2.45) is 0 Å². The first-order valence-corrected chi connectivity index (χ1v) is 10.0. The number of amides is 2. The number of nitrogens with zero attached hydrogens (tertiary/aromatic N) is 1. The zero-order valence-corrected chi connectivity index (χ0v) is 18.1. The fourth-order valence-corrected chi connectivity index (χ4v) is 3.43. The standard InChI is InChI=1S/C21H30F2N2O6/c1-12(27)24-17(7-13-5-14(22)8-15(23)6-13)19(28)18-11-30-16(10-26)9-25(18)20(29)31-21(2,3)4/h5-6,8,16-19,26,28H,7,9-11H2,1-4H3,(H,24,27)/t16-,17+,18-,19+/m1/s1. The van der Waals surface area contributed by atoms with Gasteiger partial charge in [-0.05, 0) is 44.9 Å². The molecule has 1 heterocycles. The second-order valence-corrected chi connectivity index (χ2v) is 8.62. The second kappa shape index (κ2) is 10.3. The van der Waals surface area contributed by atoms with E-state index in [0.717, 1.165) is 18.2 Å². The average molecular weight is 444 g/mol. The van der Waals surface area contributed by atoms with Crippen LogP contribution in [-0.4, -0.2) is 76.8 Å². The highest BCUT2D eigenvalue weighted by molar-refractivity contribution is 5.73. The zero-order chi connectivity index (χ0) is 23.3. The molecule has 31 heavy (non-hydrogen) atoms. The minimum Gasteiger partial charge on any atom is -0.444 e. The van der Waals surface area contributed by atoms with E-state index in [1.807, 2.05) is 0 Å². The minimum absolute atomic E-state index is 0.0332. The number of carbonyl (C=O) groups excluding carboxylic acids is 2. The number of hydrogen-bond donors (Lipinski definition) is 3. The van der Waals surface area contributed by atoms with Gasteiger partial charge in [0, 0.05) is 13.0 Å². The smallest absolute Gasteiger partial charge is 0.410 e. The van der Waals surface area contributed by atoms with Gasteiger partial charge in [0.1, 0.15) is 17.2 Å². The van der Waals surface area contributed by atoms with E-state index in [9.17, 15) is 28.6 Å². The third kappa shape index (κ3) is 7.41. The van der Waals surface area contributed by atoms with Crippen LogP contribution in [0.3, 0.4) is 0 Å². The SMILES string of the molecule is CC(=O)N[C@@H](Cc1cc(F)cc(F)c1)[C@H](O)[C@H]1CO[C@@H](CO)CN1C(=O)OC(C)(C)C. The summed E-state index contributed by atoms with van der Waals surface area (Å²) in [5.74, 6) is -2.03. The molecule has 0 saturated carbocycles. The normalized spacial score (nSPS) is 21.4. The summed E-state index contributed by atoms with van der Waals surface area (Å²) in [6.45, 7) is 5.83. The minimum atomic E-state index is -1.35. The topological polar surface area (TPSA) is 108 Å². The number of hydrogen-bond acceptors (Lipinski definition) is 6. The van der Waals surface area contributed by atoms with Gasteiger partial charge in [-0.15, -0.1) is 0 Å². The van der Waals surface area contributed by atoms with Gasteiger partial charge in [0.15, 0.2) is 0 Å². The van der Waals surface area contributed by atoms with Crippen LogP contribution in [0.5, 0.6) is 0 Å². The third-order valence-corrected chi connectivity index (χ3v) is 4.71. The van der Waals surface area contributed by atoms with E-state index < -0.39 is 53.5 Å². The van der Waals surface area contributed by atoms with Crippen molar-refractivity contribution in [2.45, 2.75) is 64.0 Å². The molecule has 2 rings (SSSR count). The summed E-state index contributed by atoms with van der Waals surface area (Å²) in [5.41, 5.74) is -0.570. The number of rotatable bonds is 6. The Balaban J connectivity index is 2.29. The Morgan fingerprint density at radius 2 is 1.90 bits per heavy atom. The number of halogens is 2. The lowest BCUT2D eigenvalue weighted by Gasteiger charge is -2.43. The zero-order valence-electron chi connectivity index (χ0n) is 18.1. The summed E-state index contributed by atoms with van der Waals surface area (Å²) in [6, 6.07) is 1.04. The van der Waals surface area contributed by atoms with Crippen molar-refractivity contribution in [1.82, 2.24) is 10.2 Å². The summed E-state index contributed by atoms with van der Waals surface area (Å²) >= 11 is 0. The molecule has 1 aromatic rings. The van der Waals surface area contributed by atoms with Gasteiger partial charge in [-0.3, -0.25) is 9.69 Å². The van der Waals surface area contributed by atoms with Gasteiger partial charge in [0.2, 0.25) is 5.91 Å². The second-order valence-electron chi connectivity index (χ2n) is 8.62. The number of benzene rings is 1. The number of aliphatic hydroxyl groups excluding tert-OH is 2. The van der Waals surface area contributed by atoms with Crippen LogP contribution in [-0.2, 0) is 20.7 Å². The van der Waals surface area contributed by atoms with Crippen LogP contribution in [0.2, 0.25) is 0 Å². The highest BCUT2D eigenvalue weighted by atomic mass is 19.1. The van der Waals surface area contributed by atoms with E-state index in [1.165, 1.54) is 11.8 Å². The predicted molar refractivity (Wildman–Crippen MR) is 107 cm³/mol. The van der Waals surface area contributed by atoms with Gasteiger partial charge in [-0.25, -0.2) is 13.6 Å². The van der Waals surface area contributed by atoms with E-state index >= 15 is 0 Å². The van der Waals surface area contributed by atoms with E-state index in [1.54, 1.807) is 20.8 Å². The highest BCUT2D eigenvalue weighted by Crippen LogP contribution is 2.22. The van der Waals surface area contributed by atoms with Crippen LogP contribution in [0.25, 0.3) is 0 Å². The molecule has 1 aromatic carbocycles. The molecule has 0 aromatic heterocycles. The number of aliphatic hydroxyl groups is 2. The number of ether oxygens (including phenoxy) is 2. The molecule has 2 amide bonds. The Bertz CT molecular complexity index is 765. The van der Waals surface area contributed by atoms with Crippen molar-refractivity contribution in [3.8, 4) is 0 Å². The molecule has 1 saturated heterocycles. The van der Waals surface area contributed by atoms with Gasteiger partial charge < -0.3 is 25.0 Å². The lowest BCUT2D eigenvalue weighted by atomic mass is 9.94. The van der Waals surface area contributed by atoms with Crippen molar-refractivity contribution >= 4 is 12.0 Å². The maximum atomic E-state index is 13.6. The summed E-state index contributed by atoms with van der Waals surface area (Å²) < 4.78 is 38.1. The number of nitrogens with one attached hydrogen (secondary N) is 1. The van der Waals surface area contributed by atoms with Crippen LogP contribution in [0.4, 0.5) is 13.6 Å². The maximum Gasteiger partial charge on any atom is 0.410 e. The summed E-state index contributed by atoms with van der Waals surface area (Å²) in [5, 5.41) is 23.1. The fourth-order valence-electron chi connectivity index (χ4n) is 3.43. The third-order valence-electron chi connectivity index (χ3n) is 4.71. The Kier molecular flexibility index (Phi) is 8.33. The first kappa shape index (κ1) is 25.0. The van der Waals surface area contributed by atoms with E-state index in [4.69, 9.17) is 9.47 Å². The Hall–Kier alpha value is -2.30. The van der Waals surface area contributed by atoms with Crippen LogP contribution in [0, 0.1) is 11.6 Å². The van der Waals surface area contributed by atoms with Gasteiger partial charge in [0.25, 0.3) is 0 Å². The number of carbonyl (C=O) groups is 2. The molecule has 4 atom stereocenters. The van der Waals surface area contributed by atoms with Crippen LogP contribution in [0.1, 0.15) is 33.3 Å². The van der Waals surface area contributed by atoms with Crippen LogP contribution in [0.15, 0.2) is 18.2 Å². The largest absolute Gasteiger partial charge is 0.444 e. The lowest BCUT2D eigenvalue weighted by Crippen LogP contribution is -2.62. The van der Waals surface area contributed by atoms with Gasteiger partial charge in [0.05, 0.1) is 44.1 Å². The Morgan fingerprint density at radius 1 is 1.29 bits per heavy atom. The van der Waals surface area contributed by atoms with Gasteiger partial charge >= 0.3 is 6.09 Å². The fraction of sp³-hybridized carbons (Fsp3) is 0.619. The molecule has 1 fully saturated rings. The molecule has 0 bridgehead atoms. The highest BCUT2D eigenvalue weighted by Gasteiger charge is 2.41. The molecule has 174 valence electrons. The van der Waals surface area contributed by atoms with Crippen molar-refractivity contribution in [1.29, 1.82) is 0 Å². The average Bonchev–Trinajstić information content (AvgIpc) is 2.64. The summed E-state index contributed by atoms with van der Waals surface area (Å²) in [7, 11) is 0. The molecule has 10 heteroatoms. The molecule has 0 radical (unpaired) electrons. The van der Waals surface area contributed by atoms with Crippen molar-refractivity contribution in [3.63, 3.8) is 0 Å². The first-order chi connectivity index (χ1) is 14.4. The summed E-state index contributed by atoms with van der Waals surface area (Å²) in [4.78, 5) is 25.7. The van der Waals surface area contributed by atoms with E-state index in [2.05, 4.69) is 5.32 Å². The molecule has 0 spiro atoms. The van der Waals surface area contributed by atoms with E-state index in [0.29, 0.717) is 0 Å². The van der Waals surface area contributed by atoms with Crippen molar-refractivity contribution in [2.75, 3.05) is 19.8 Å². The lowest BCUT2D eigenvalue weighted by molar-refractivity contribution is -0.126. The Morgan fingerprint density at radius 3 is 2.42 bits per heavy atom. The molecule has 0 aliphatic carbocycles. The van der Waals surface area contributed by atoms with Crippen LogP contribution >= 0.6 is 0 Å². The van der Waals surface area contributed by atoms with E-state index in [-0.39, 0.29) is 31.7 Å². The van der Waals surface area contributed by atoms with Crippen molar-refractivity contribution in [3.05, 3.63) is 35.4 Å². The van der Waals surface area contributed by atoms with Crippen molar-refractivity contribution < 1.29 is 38.1 Å². The first-order valence-electron chi connectivity index (χ1n) is 10.0. The number of morpholine rings is 1. The molecular weight excluding hydrogens is 414 g/mol. The Labute approximate surface area is 180 Å². The monoisotopic (exact) mass is 444 g/mol. The molecule has 1 aliphatic rings. The molecular formula is C21H30F2N2O6. The quantitative estimate of drug-likeness (QED) is 0.612. The molecule has 8 nitrogen and oxygen atoms in total. The van der Waals surface area contributed by atoms with Gasteiger partial charge in [-0.2, -0.15) is 0 Å². The maximum absolute atomic E-state index is 13.6. The molecule has 3 N–H and O–H groups in total. The molecule has 0 unspecified atom stereocenters. The summed E-state index contributed by atoms with van der Waals surface area (Å²) in [6.07, 6.45) is -2.80. The predicted octanol–water partition coefficient (Wildman–Crippen LogP) is 1.37.